The van der Waals surface area contributed by atoms with Crippen molar-refractivity contribution in [1.82, 2.24) is 4.57 Å². The zero-order chi connectivity index (χ0) is 41.4. The van der Waals surface area contributed by atoms with Crippen molar-refractivity contribution in [3.05, 3.63) is 231 Å². The smallest absolute Gasteiger partial charge is 0.145 e. The van der Waals surface area contributed by atoms with Gasteiger partial charge in [-0.05, 0) is 99.1 Å². The number of fused-ring (bicyclic) bond motifs is 10. The van der Waals surface area contributed by atoms with Crippen molar-refractivity contribution in [3.63, 3.8) is 0 Å². The lowest BCUT2D eigenvalue weighted by molar-refractivity contribution is 0.672. The van der Waals surface area contributed by atoms with Gasteiger partial charge in [0, 0.05) is 43.4 Å². The van der Waals surface area contributed by atoms with Crippen LogP contribution in [0.5, 0.6) is 0 Å². The highest BCUT2D eigenvalue weighted by Crippen LogP contribution is 2.47. The third-order valence-corrected chi connectivity index (χ3v) is 13.0. The van der Waals surface area contributed by atoms with Crippen LogP contribution in [0.2, 0.25) is 0 Å². The summed E-state index contributed by atoms with van der Waals surface area (Å²) in [5.41, 5.74) is 13.3. The largest absolute Gasteiger partial charge is 0.455 e. The fourth-order valence-electron chi connectivity index (χ4n) is 10.1. The minimum atomic E-state index is 0.889. The van der Waals surface area contributed by atoms with Crippen LogP contribution < -0.4 is 4.90 Å². The van der Waals surface area contributed by atoms with Crippen molar-refractivity contribution in [2.75, 3.05) is 4.90 Å². The average molecular weight is 803 g/mol. The lowest BCUT2D eigenvalue weighted by atomic mass is 9.95. The molecule has 0 amide bonds. The van der Waals surface area contributed by atoms with Crippen LogP contribution in [0.1, 0.15) is 0 Å². The monoisotopic (exact) mass is 802 g/mol. The zero-order valence-corrected chi connectivity index (χ0v) is 34.2. The van der Waals surface area contributed by atoms with Crippen molar-refractivity contribution in [3.8, 4) is 27.9 Å². The molecule has 2 heterocycles. The lowest BCUT2D eigenvalue weighted by Gasteiger charge is -2.29. The van der Waals surface area contributed by atoms with Crippen molar-refractivity contribution in [2.45, 2.75) is 0 Å². The first kappa shape index (κ1) is 35.4. The Balaban J connectivity index is 1.00. The van der Waals surface area contributed by atoms with E-state index in [-0.39, 0.29) is 0 Å². The van der Waals surface area contributed by atoms with E-state index in [9.17, 15) is 0 Å². The van der Waals surface area contributed by atoms with E-state index in [0.29, 0.717) is 0 Å². The van der Waals surface area contributed by atoms with E-state index in [1.165, 1.54) is 65.7 Å². The number of benzene rings is 11. The molecule has 0 saturated heterocycles. The van der Waals surface area contributed by atoms with Crippen LogP contribution in [0.15, 0.2) is 235 Å². The van der Waals surface area contributed by atoms with Gasteiger partial charge in [0.1, 0.15) is 11.2 Å². The summed E-state index contributed by atoms with van der Waals surface area (Å²) < 4.78 is 9.18. The molecular weight excluding hydrogens is 765 g/mol. The predicted molar refractivity (Wildman–Crippen MR) is 266 cm³/mol. The molecular formula is C60H38N2O. The van der Waals surface area contributed by atoms with E-state index < -0.39 is 0 Å². The van der Waals surface area contributed by atoms with Crippen LogP contribution in [0, 0.1) is 0 Å². The van der Waals surface area contributed by atoms with Crippen LogP contribution in [0.4, 0.5) is 17.1 Å². The Morgan fingerprint density at radius 1 is 0.349 bits per heavy atom. The fourth-order valence-corrected chi connectivity index (χ4v) is 10.1. The van der Waals surface area contributed by atoms with Gasteiger partial charge in [0.15, 0.2) is 0 Å². The Morgan fingerprint density at radius 2 is 1.02 bits per heavy atom. The lowest BCUT2D eigenvalue weighted by Crippen LogP contribution is -2.11. The standard InChI is InChI=1S/C60H38N2O/c1-2-14-40(15-3-1)45-35-37-55(48-21-7-6-20-47(45)48)61(57-26-13-18-42-30-34-51-50-23-9-11-27-58(50)63-60(51)59(42)57)44-32-28-39(29-33-44)43-31-36-56-52(38-43)49-22-8-10-24-54(49)62(56)53-25-12-17-41-16-4-5-19-46(41)53/h1-38H. The first-order chi connectivity index (χ1) is 31.3. The third-order valence-electron chi connectivity index (χ3n) is 13.0. The van der Waals surface area contributed by atoms with Gasteiger partial charge in [-0.1, -0.05) is 170 Å². The summed E-state index contributed by atoms with van der Waals surface area (Å²) >= 11 is 0. The molecule has 2 aromatic heterocycles. The summed E-state index contributed by atoms with van der Waals surface area (Å²) in [6.07, 6.45) is 0. The summed E-state index contributed by atoms with van der Waals surface area (Å²) in [4.78, 5) is 2.43. The molecule has 0 saturated carbocycles. The van der Waals surface area contributed by atoms with Gasteiger partial charge < -0.3 is 13.9 Å². The van der Waals surface area contributed by atoms with Gasteiger partial charge >= 0.3 is 0 Å². The van der Waals surface area contributed by atoms with E-state index in [2.05, 4.69) is 234 Å². The van der Waals surface area contributed by atoms with Crippen LogP contribution in [-0.4, -0.2) is 4.57 Å². The Morgan fingerprint density at radius 3 is 1.89 bits per heavy atom. The van der Waals surface area contributed by atoms with Crippen molar-refractivity contribution < 1.29 is 4.42 Å². The predicted octanol–water partition coefficient (Wildman–Crippen LogP) is 16.9. The number of hydrogen-bond acceptors (Lipinski definition) is 2. The van der Waals surface area contributed by atoms with Crippen LogP contribution in [0.25, 0.3) is 104 Å². The first-order valence-electron chi connectivity index (χ1n) is 21.6. The normalized spacial score (nSPS) is 11.8. The number of nitrogens with zero attached hydrogens (tertiary/aromatic N) is 2. The van der Waals surface area contributed by atoms with E-state index >= 15 is 0 Å². The van der Waals surface area contributed by atoms with Crippen LogP contribution in [-0.2, 0) is 0 Å². The molecule has 11 aromatic carbocycles. The molecule has 13 aromatic rings. The molecule has 0 atom stereocenters. The van der Waals surface area contributed by atoms with Gasteiger partial charge in [-0.15, -0.1) is 0 Å². The Bertz CT molecular complexity index is 3910. The molecule has 0 bridgehead atoms. The van der Waals surface area contributed by atoms with Gasteiger partial charge in [-0.2, -0.15) is 0 Å². The van der Waals surface area contributed by atoms with E-state index in [4.69, 9.17) is 4.42 Å². The molecule has 0 fully saturated rings. The number of furan rings is 1. The molecule has 0 radical (unpaired) electrons. The number of para-hydroxylation sites is 2. The summed E-state index contributed by atoms with van der Waals surface area (Å²) in [5, 5.41) is 11.8. The minimum absolute atomic E-state index is 0.889. The molecule has 294 valence electrons. The second-order valence-corrected chi connectivity index (χ2v) is 16.4. The Labute approximate surface area is 363 Å². The zero-order valence-electron chi connectivity index (χ0n) is 34.2. The molecule has 0 spiro atoms. The highest BCUT2D eigenvalue weighted by atomic mass is 16.3. The topological polar surface area (TPSA) is 21.3 Å². The van der Waals surface area contributed by atoms with E-state index in [1.54, 1.807) is 0 Å². The Kier molecular flexibility index (Phi) is 7.91. The molecule has 13 rings (SSSR count). The van der Waals surface area contributed by atoms with E-state index in [1.807, 2.05) is 6.07 Å². The van der Waals surface area contributed by atoms with Gasteiger partial charge in [-0.3, -0.25) is 0 Å². The van der Waals surface area contributed by atoms with Crippen molar-refractivity contribution in [1.29, 1.82) is 0 Å². The maximum Gasteiger partial charge on any atom is 0.145 e. The first-order valence-corrected chi connectivity index (χ1v) is 21.6. The quantitative estimate of drug-likeness (QED) is 0.167. The van der Waals surface area contributed by atoms with Gasteiger partial charge in [0.05, 0.1) is 28.1 Å². The number of anilines is 3. The average Bonchev–Trinajstić information content (AvgIpc) is 3.90. The molecule has 0 N–H and O–H groups in total. The number of aromatic nitrogens is 1. The highest BCUT2D eigenvalue weighted by molar-refractivity contribution is 6.20. The van der Waals surface area contributed by atoms with Gasteiger partial charge in [0.25, 0.3) is 0 Å². The van der Waals surface area contributed by atoms with Crippen molar-refractivity contribution >= 4 is 93.1 Å². The molecule has 3 heteroatoms. The highest BCUT2D eigenvalue weighted by Gasteiger charge is 2.23. The SMILES string of the molecule is c1ccc(-c2ccc(N(c3ccc(-c4ccc5c(c4)c4ccccc4n5-c4cccc5ccccc45)cc3)c3cccc4ccc5c6ccccc6oc5c34)c3ccccc23)cc1. The number of rotatable bonds is 6. The summed E-state index contributed by atoms with van der Waals surface area (Å²) in [6, 6.07) is 83.5. The molecule has 0 aliphatic rings. The van der Waals surface area contributed by atoms with Gasteiger partial charge in [-0.25, -0.2) is 0 Å². The maximum atomic E-state index is 6.76. The Hall–Kier alpha value is -8.40. The third kappa shape index (κ3) is 5.53. The summed E-state index contributed by atoms with van der Waals surface area (Å²) in [6.45, 7) is 0. The summed E-state index contributed by atoms with van der Waals surface area (Å²) in [7, 11) is 0. The fraction of sp³-hybridized carbons (Fsp3) is 0. The van der Waals surface area contributed by atoms with Crippen LogP contribution >= 0.6 is 0 Å². The van der Waals surface area contributed by atoms with E-state index in [0.717, 1.165) is 55.3 Å². The second-order valence-electron chi connectivity index (χ2n) is 16.4. The minimum Gasteiger partial charge on any atom is -0.455 e. The molecule has 0 unspecified atom stereocenters. The molecule has 3 nitrogen and oxygen atoms in total. The molecule has 63 heavy (non-hydrogen) atoms. The maximum absolute atomic E-state index is 6.76. The van der Waals surface area contributed by atoms with Crippen LogP contribution in [0.3, 0.4) is 0 Å². The summed E-state index contributed by atoms with van der Waals surface area (Å²) in [5.74, 6) is 0. The molecule has 0 aliphatic carbocycles. The van der Waals surface area contributed by atoms with Gasteiger partial charge in [0.2, 0.25) is 0 Å². The second kappa shape index (κ2) is 14.1. The van der Waals surface area contributed by atoms with Crippen molar-refractivity contribution in [2.24, 2.45) is 0 Å². The number of hydrogen-bond donors (Lipinski definition) is 0. The molecule has 0 aliphatic heterocycles.